The molecule has 1 aliphatic rings. The van der Waals surface area contributed by atoms with Crippen LogP contribution in [-0.2, 0) is 4.79 Å². The molecule has 2 atom stereocenters. The molecule has 2 unspecified atom stereocenters. The predicted molar refractivity (Wildman–Crippen MR) is 84.1 cm³/mol. The minimum atomic E-state index is -0.117. The van der Waals surface area contributed by atoms with Crippen LogP contribution in [0.1, 0.15) is 45.8 Å². The number of amides is 1. The van der Waals surface area contributed by atoms with Crippen LogP contribution in [0, 0.1) is 5.92 Å². The average Bonchev–Trinajstić information content (AvgIpc) is 2.74. The molecule has 1 amide bonds. The highest BCUT2D eigenvalue weighted by Crippen LogP contribution is 2.27. The zero-order chi connectivity index (χ0) is 15.4. The minimum absolute atomic E-state index is 0.0260. The fourth-order valence-corrected chi connectivity index (χ4v) is 2.60. The highest BCUT2D eigenvalue weighted by atomic mass is 16.5. The van der Waals surface area contributed by atoms with E-state index in [2.05, 4.69) is 19.2 Å². The van der Waals surface area contributed by atoms with E-state index in [-0.39, 0.29) is 18.1 Å². The molecule has 1 aliphatic heterocycles. The molecule has 1 aromatic carbocycles. The first-order valence-electron chi connectivity index (χ1n) is 7.82. The molecule has 21 heavy (non-hydrogen) atoms. The van der Waals surface area contributed by atoms with Crippen molar-refractivity contribution in [3.05, 3.63) is 29.8 Å². The largest absolute Gasteiger partial charge is 0.494 e. The Kier molecular flexibility index (Phi) is 5.23. The Hall–Kier alpha value is -1.55. The van der Waals surface area contributed by atoms with E-state index in [4.69, 9.17) is 4.74 Å². The Morgan fingerprint density at radius 3 is 2.52 bits per heavy atom. The van der Waals surface area contributed by atoms with Gasteiger partial charge in [0.25, 0.3) is 0 Å². The van der Waals surface area contributed by atoms with Crippen LogP contribution in [0.25, 0.3) is 0 Å². The molecule has 0 aliphatic carbocycles. The van der Waals surface area contributed by atoms with Crippen LogP contribution in [0.3, 0.4) is 0 Å². The van der Waals surface area contributed by atoms with Crippen LogP contribution in [0.2, 0.25) is 0 Å². The quantitative estimate of drug-likeness (QED) is 0.876. The van der Waals surface area contributed by atoms with Crippen LogP contribution >= 0.6 is 0 Å². The standard InChI is InChI=1S/C17H26N2O2/c1-5-21-15-8-6-14(7-9-15)16-18-13(4)17(20)19(16)11-10-12(2)3/h6-9,12-13,16,18H,5,10-11H2,1-4H3. The number of benzene rings is 1. The molecule has 2 rings (SSSR count). The maximum atomic E-state index is 12.3. The number of hydrogen-bond acceptors (Lipinski definition) is 3. The summed E-state index contributed by atoms with van der Waals surface area (Å²) in [4.78, 5) is 14.3. The van der Waals surface area contributed by atoms with Gasteiger partial charge in [-0.3, -0.25) is 10.1 Å². The van der Waals surface area contributed by atoms with E-state index in [1.165, 1.54) is 0 Å². The molecule has 0 spiro atoms. The number of nitrogens with zero attached hydrogens (tertiary/aromatic N) is 1. The highest BCUT2D eigenvalue weighted by Gasteiger charge is 2.36. The summed E-state index contributed by atoms with van der Waals surface area (Å²) in [5.74, 6) is 1.65. The third kappa shape index (κ3) is 3.76. The van der Waals surface area contributed by atoms with Crippen molar-refractivity contribution in [1.29, 1.82) is 0 Å². The average molecular weight is 290 g/mol. The summed E-state index contributed by atoms with van der Waals surface area (Å²) in [5, 5.41) is 3.38. The van der Waals surface area contributed by atoms with Gasteiger partial charge in [0.15, 0.2) is 0 Å². The lowest BCUT2D eigenvalue weighted by molar-refractivity contribution is -0.130. The maximum Gasteiger partial charge on any atom is 0.241 e. The number of carbonyl (C=O) groups excluding carboxylic acids is 1. The summed E-state index contributed by atoms with van der Waals surface area (Å²) >= 11 is 0. The second kappa shape index (κ2) is 6.94. The second-order valence-corrected chi connectivity index (χ2v) is 6.01. The van der Waals surface area contributed by atoms with E-state index in [0.29, 0.717) is 12.5 Å². The van der Waals surface area contributed by atoms with Crippen molar-refractivity contribution in [3.8, 4) is 5.75 Å². The third-order valence-corrected chi connectivity index (χ3v) is 3.83. The van der Waals surface area contributed by atoms with Gasteiger partial charge < -0.3 is 9.64 Å². The van der Waals surface area contributed by atoms with Crippen LogP contribution in [0.4, 0.5) is 0 Å². The van der Waals surface area contributed by atoms with Crippen molar-refractivity contribution < 1.29 is 9.53 Å². The summed E-state index contributed by atoms with van der Waals surface area (Å²) < 4.78 is 5.47. The molecule has 0 aromatic heterocycles. The molecular formula is C17H26N2O2. The van der Waals surface area contributed by atoms with Crippen LogP contribution < -0.4 is 10.1 Å². The normalized spacial score (nSPS) is 22.1. The topological polar surface area (TPSA) is 41.6 Å². The summed E-state index contributed by atoms with van der Waals surface area (Å²) in [6, 6.07) is 7.89. The Balaban J connectivity index is 2.13. The summed E-state index contributed by atoms with van der Waals surface area (Å²) in [5.41, 5.74) is 1.11. The predicted octanol–water partition coefficient (Wildman–Crippen LogP) is 2.95. The molecule has 4 heteroatoms. The molecule has 0 bridgehead atoms. The lowest BCUT2D eigenvalue weighted by Gasteiger charge is -2.25. The number of nitrogens with one attached hydrogen (secondary N) is 1. The molecule has 1 heterocycles. The molecule has 4 nitrogen and oxygen atoms in total. The summed E-state index contributed by atoms with van der Waals surface area (Å²) in [6.45, 7) is 9.73. The van der Waals surface area contributed by atoms with Gasteiger partial charge in [0.2, 0.25) is 5.91 Å². The molecule has 0 saturated carbocycles. The Morgan fingerprint density at radius 2 is 1.95 bits per heavy atom. The van der Waals surface area contributed by atoms with Gasteiger partial charge in [0.1, 0.15) is 11.9 Å². The third-order valence-electron chi connectivity index (χ3n) is 3.83. The minimum Gasteiger partial charge on any atom is -0.494 e. The van der Waals surface area contributed by atoms with Crippen molar-refractivity contribution in [2.24, 2.45) is 5.92 Å². The van der Waals surface area contributed by atoms with E-state index >= 15 is 0 Å². The number of hydrogen-bond donors (Lipinski definition) is 1. The Bertz CT molecular complexity index is 470. The van der Waals surface area contributed by atoms with Crippen LogP contribution in [0.5, 0.6) is 5.75 Å². The van der Waals surface area contributed by atoms with Crippen molar-refractivity contribution >= 4 is 5.91 Å². The van der Waals surface area contributed by atoms with Crippen molar-refractivity contribution in [2.75, 3.05) is 13.2 Å². The molecule has 1 aromatic rings. The van der Waals surface area contributed by atoms with Crippen LogP contribution in [-0.4, -0.2) is 30.0 Å². The van der Waals surface area contributed by atoms with E-state index < -0.39 is 0 Å². The van der Waals surface area contributed by atoms with Gasteiger partial charge in [0.05, 0.1) is 12.6 Å². The monoisotopic (exact) mass is 290 g/mol. The van der Waals surface area contributed by atoms with Gasteiger partial charge in [-0.2, -0.15) is 0 Å². The van der Waals surface area contributed by atoms with Crippen molar-refractivity contribution in [2.45, 2.75) is 46.3 Å². The van der Waals surface area contributed by atoms with E-state index in [9.17, 15) is 4.79 Å². The number of carbonyl (C=O) groups is 1. The summed E-state index contributed by atoms with van der Waals surface area (Å²) in [6.07, 6.45) is 0.996. The fraction of sp³-hybridized carbons (Fsp3) is 0.588. The molecule has 1 N–H and O–H groups in total. The van der Waals surface area contributed by atoms with Crippen LogP contribution in [0.15, 0.2) is 24.3 Å². The van der Waals surface area contributed by atoms with Gasteiger partial charge >= 0.3 is 0 Å². The zero-order valence-corrected chi connectivity index (χ0v) is 13.4. The van der Waals surface area contributed by atoms with Gasteiger partial charge in [0, 0.05) is 6.54 Å². The van der Waals surface area contributed by atoms with Gasteiger partial charge in [-0.15, -0.1) is 0 Å². The molecule has 1 fully saturated rings. The Labute approximate surface area is 127 Å². The fourth-order valence-electron chi connectivity index (χ4n) is 2.60. The zero-order valence-electron chi connectivity index (χ0n) is 13.4. The highest BCUT2D eigenvalue weighted by molar-refractivity contribution is 5.84. The molecule has 1 saturated heterocycles. The van der Waals surface area contributed by atoms with Gasteiger partial charge in [-0.25, -0.2) is 0 Å². The lowest BCUT2D eigenvalue weighted by atomic mass is 10.1. The second-order valence-electron chi connectivity index (χ2n) is 6.01. The maximum absolute atomic E-state index is 12.3. The SMILES string of the molecule is CCOc1ccc(C2NC(C)C(=O)N2CCC(C)C)cc1. The lowest BCUT2D eigenvalue weighted by Crippen LogP contribution is -2.32. The first-order chi connectivity index (χ1) is 10.0. The summed E-state index contributed by atoms with van der Waals surface area (Å²) in [7, 11) is 0. The van der Waals surface area contributed by atoms with E-state index in [1.807, 2.05) is 43.0 Å². The van der Waals surface area contributed by atoms with Crippen molar-refractivity contribution in [1.82, 2.24) is 10.2 Å². The number of ether oxygens (including phenoxy) is 1. The van der Waals surface area contributed by atoms with Gasteiger partial charge in [-0.05, 0) is 43.9 Å². The van der Waals surface area contributed by atoms with E-state index in [0.717, 1.165) is 24.3 Å². The Morgan fingerprint density at radius 1 is 1.29 bits per heavy atom. The van der Waals surface area contributed by atoms with E-state index in [1.54, 1.807) is 0 Å². The molecular weight excluding hydrogens is 264 g/mol. The molecule has 0 radical (unpaired) electrons. The smallest absolute Gasteiger partial charge is 0.241 e. The molecule has 116 valence electrons. The first-order valence-corrected chi connectivity index (χ1v) is 7.82. The van der Waals surface area contributed by atoms with Gasteiger partial charge in [-0.1, -0.05) is 26.0 Å². The van der Waals surface area contributed by atoms with Crippen molar-refractivity contribution in [3.63, 3.8) is 0 Å². The number of rotatable bonds is 6. The first kappa shape index (κ1) is 15.8.